The molecular formula is C14H26O2. The van der Waals surface area contributed by atoms with Crippen LogP contribution in [0.25, 0.3) is 0 Å². The van der Waals surface area contributed by atoms with Crippen molar-refractivity contribution >= 4 is 5.97 Å². The van der Waals surface area contributed by atoms with E-state index in [1.165, 1.54) is 6.42 Å². The van der Waals surface area contributed by atoms with Gasteiger partial charge in [0.2, 0.25) is 0 Å². The Balaban J connectivity index is 3.96. The van der Waals surface area contributed by atoms with Crippen molar-refractivity contribution in [1.82, 2.24) is 0 Å². The second-order valence-corrected chi connectivity index (χ2v) is 4.92. The lowest BCUT2D eigenvalue weighted by Crippen LogP contribution is -2.18. The Bertz CT molecular complexity index is 219. The third kappa shape index (κ3) is 7.49. The normalized spacial score (nSPS) is 12.6. The molecule has 1 atom stereocenters. The fourth-order valence-corrected chi connectivity index (χ4v) is 1.59. The zero-order chi connectivity index (χ0) is 12.6. The van der Waals surface area contributed by atoms with Crippen LogP contribution >= 0.6 is 0 Å². The average molecular weight is 226 g/mol. The van der Waals surface area contributed by atoms with Crippen molar-refractivity contribution in [3.8, 4) is 0 Å². The van der Waals surface area contributed by atoms with Gasteiger partial charge >= 0.3 is 5.97 Å². The van der Waals surface area contributed by atoms with Crippen molar-refractivity contribution in [3.05, 3.63) is 12.2 Å². The highest BCUT2D eigenvalue weighted by Gasteiger charge is 2.13. The van der Waals surface area contributed by atoms with Gasteiger partial charge in [0.1, 0.15) is 6.10 Å². The minimum Gasteiger partial charge on any atom is -0.459 e. The lowest BCUT2D eigenvalue weighted by molar-refractivity contribution is -0.144. The second-order valence-electron chi connectivity index (χ2n) is 4.92. The number of rotatable bonds is 8. The molecule has 0 bridgehead atoms. The number of hydrogen-bond donors (Lipinski definition) is 0. The van der Waals surface area contributed by atoms with Gasteiger partial charge in [-0.3, -0.25) is 0 Å². The van der Waals surface area contributed by atoms with Gasteiger partial charge in [0.15, 0.2) is 0 Å². The van der Waals surface area contributed by atoms with Gasteiger partial charge in [-0.2, -0.15) is 0 Å². The van der Waals surface area contributed by atoms with Crippen LogP contribution in [0.3, 0.4) is 0 Å². The highest BCUT2D eigenvalue weighted by atomic mass is 16.5. The summed E-state index contributed by atoms with van der Waals surface area (Å²) in [6, 6.07) is 0. The molecule has 0 saturated carbocycles. The summed E-state index contributed by atoms with van der Waals surface area (Å²) in [6.45, 7) is 11.8. The van der Waals surface area contributed by atoms with Gasteiger partial charge in [-0.25, -0.2) is 4.79 Å². The number of ether oxygens (including phenoxy) is 1. The van der Waals surface area contributed by atoms with E-state index in [2.05, 4.69) is 27.4 Å². The zero-order valence-corrected chi connectivity index (χ0v) is 11.2. The fraction of sp³-hybridized carbons (Fsp3) is 0.786. The van der Waals surface area contributed by atoms with Gasteiger partial charge in [-0.1, -0.05) is 40.2 Å². The van der Waals surface area contributed by atoms with Crippen LogP contribution in [0.15, 0.2) is 12.2 Å². The Morgan fingerprint density at radius 2 is 1.88 bits per heavy atom. The molecule has 0 radical (unpaired) electrons. The third-order valence-corrected chi connectivity index (χ3v) is 2.54. The number of carbonyl (C=O) groups excluding carboxylic acids is 1. The third-order valence-electron chi connectivity index (χ3n) is 2.54. The van der Waals surface area contributed by atoms with Gasteiger partial charge in [0, 0.05) is 5.57 Å². The van der Waals surface area contributed by atoms with E-state index in [0.717, 1.165) is 31.6 Å². The molecule has 2 heteroatoms. The molecule has 0 aromatic rings. The molecule has 2 nitrogen and oxygen atoms in total. The number of carbonyl (C=O) groups is 1. The molecule has 0 N–H and O–H groups in total. The van der Waals surface area contributed by atoms with Gasteiger partial charge in [0.05, 0.1) is 0 Å². The van der Waals surface area contributed by atoms with E-state index in [0.29, 0.717) is 5.57 Å². The van der Waals surface area contributed by atoms with Gasteiger partial charge in [0.25, 0.3) is 0 Å². The van der Waals surface area contributed by atoms with Crippen LogP contribution in [0.2, 0.25) is 0 Å². The molecule has 0 heterocycles. The van der Waals surface area contributed by atoms with Crippen molar-refractivity contribution in [2.24, 2.45) is 5.92 Å². The molecule has 0 saturated heterocycles. The first kappa shape index (κ1) is 15.2. The molecule has 0 rings (SSSR count). The summed E-state index contributed by atoms with van der Waals surface area (Å²) in [7, 11) is 0. The molecule has 1 unspecified atom stereocenters. The zero-order valence-electron chi connectivity index (χ0n) is 11.2. The van der Waals surface area contributed by atoms with E-state index in [4.69, 9.17) is 4.74 Å². The van der Waals surface area contributed by atoms with Crippen molar-refractivity contribution in [1.29, 1.82) is 0 Å². The van der Waals surface area contributed by atoms with E-state index in [1.54, 1.807) is 6.92 Å². The van der Waals surface area contributed by atoms with Crippen LogP contribution < -0.4 is 0 Å². The first-order chi connectivity index (χ1) is 7.47. The van der Waals surface area contributed by atoms with Crippen molar-refractivity contribution in [2.75, 3.05) is 0 Å². The number of esters is 1. The maximum atomic E-state index is 11.4. The predicted octanol–water partition coefficient (Wildman–Crippen LogP) is 4.10. The molecule has 0 spiro atoms. The van der Waals surface area contributed by atoms with Crippen molar-refractivity contribution in [3.63, 3.8) is 0 Å². The van der Waals surface area contributed by atoms with Crippen LogP contribution in [0.4, 0.5) is 0 Å². The smallest absolute Gasteiger partial charge is 0.333 e. The molecule has 16 heavy (non-hydrogen) atoms. The molecule has 0 aromatic heterocycles. The molecule has 94 valence electrons. The van der Waals surface area contributed by atoms with E-state index in [1.807, 2.05) is 0 Å². The van der Waals surface area contributed by atoms with E-state index < -0.39 is 0 Å². The van der Waals surface area contributed by atoms with Crippen molar-refractivity contribution < 1.29 is 9.53 Å². The van der Waals surface area contributed by atoms with Crippen LogP contribution in [0.5, 0.6) is 0 Å². The monoisotopic (exact) mass is 226 g/mol. The van der Waals surface area contributed by atoms with Crippen LogP contribution in [-0.2, 0) is 9.53 Å². The van der Waals surface area contributed by atoms with E-state index >= 15 is 0 Å². The molecule has 0 aliphatic heterocycles. The summed E-state index contributed by atoms with van der Waals surface area (Å²) in [5.74, 6) is 0.474. The van der Waals surface area contributed by atoms with E-state index in [-0.39, 0.29) is 12.1 Å². The quantitative estimate of drug-likeness (QED) is 0.460. The standard InChI is InChI=1S/C14H26O2/c1-6-8-13(10-7-9-11(2)3)16-14(15)12(4)5/h11,13H,4,6-10H2,1-3,5H3. The first-order valence-electron chi connectivity index (χ1n) is 6.33. The van der Waals surface area contributed by atoms with Crippen LogP contribution in [0, 0.1) is 5.92 Å². The summed E-state index contributed by atoms with van der Waals surface area (Å²) < 4.78 is 5.40. The molecule has 0 aromatic carbocycles. The summed E-state index contributed by atoms with van der Waals surface area (Å²) >= 11 is 0. The Hall–Kier alpha value is -0.790. The van der Waals surface area contributed by atoms with E-state index in [9.17, 15) is 4.79 Å². The summed E-state index contributed by atoms with van der Waals surface area (Å²) in [4.78, 5) is 11.4. The minimum absolute atomic E-state index is 0.0768. The largest absolute Gasteiger partial charge is 0.459 e. The Kier molecular flexibility index (Phi) is 7.96. The summed E-state index contributed by atoms with van der Waals surface area (Å²) in [5, 5.41) is 0. The first-order valence-corrected chi connectivity index (χ1v) is 6.33. The van der Waals surface area contributed by atoms with Gasteiger partial charge in [-0.05, 0) is 32.1 Å². The fourth-order valence-electron chi connectivity index (χ4n) is 1.59. The highest BCUT2D eigenvalue weighted by molar-refractivity contribution is 5.87. The second kappa shape index (κ2) is 8.37. The molecule has 0 aliphatic carbocycles. The molecule has 0 aliphatic rings. The SMILES string of the molecule is C=C(C)C(=O)OC(CCC)CCCC(C)C. The van der Waals surface area contributed by atoms with Crippen molar-refractivity contribution in [2.45, 2.75) is 65.9 Å². The minimum atomic E-state index is -0.247. The Morgan fingerprint density at radius 1 is 1.25 bits per heavy atom. The Labute approximate surface area is 100 Å². The Morgan fingerprint density at radius 3 is 2.31 bits per heavy atom. The maximum Gasteiger partial charge on any atom is 0.333 e. The molecule has 0 fully saturated rings. The average Bonchev–Trinajstić information content (AvgIpc) is 2.17. The predicted molar refractivity (Wildman–Crippen MR) is 68.3 cm³/mol. The molecular weight excluding hydrogens is 200 g/mol. The maximum absolute atomic E-state index is 11.4. The highest BCUT2D eigenvalue weighted by Crippen LogP contribution is 2.15. The lowest BCUT2D eigenvalue weighted by atomic mass is 10.0. The van der Waals surface area contributed by atoms with Crippen LogP contribution in [-0.4, -0.2) is 12.1 Å². The lowest BCUT2D eigenvalue weighted by Gasteiger charge is -2.17. The summed E-state index contributed by atoms with van der Waals surface area (Å²) in [5.41, 5.74) is 0.491. The van der Waals surface area contributed by atoms with Gasteiger partial charge in [-0.15, -0.1) is 0 Å². The molecule has 0 amide bonds. The van der Waals surface area contributed by atoms with Gasteiger partial charge < -0.3 is 4.74 Å². The number of hydrogen-bond acceptors (Lipinski definition) is 2. The van der Waals surface area contributed by atoms with Crippen LogP contribution in [0.1, 0.15) is 59.8 Å². The topological polar surface area (TPSA) is 26.3 Å². The summed E-state index contributed by atoms with van der Waals surface area (Å²) in [6.07, 6.45) is 5.39.